The van der Waals surface area contributed by atoms with Gasteiger partial charge >= 0.3 is 0 Å². The summed E-state index contributed by atoms with van der Waals surface area (Å²) in [6, 6.07) is 4.73. The van der Waals surface area contributed by atoms with E-state index in [4.69, 9.17) is 15.6 Å². The molecule has 0 fully saturated rings. The molecule has 6 nitrogen and oxygen atoms in total. The highest BCUT2D eigenvalue weighted by Gasteiger charge is 2.16. The van der Waals surface area contributed by atoms with Crippen molar-refractivity contribution >= 4 is 21.4 Å². The number of rotatable bonds is 6. The molecule has 0 radical (unpaired) electrons. The maximum absolute atomic E-state index is 11.3. The molecule has 0 aliphatic rings. The first kappa shape index (κ1) is 15.7. The highest BCUT2D eigenvalue weighted by Crippen LogP contribution is 2.27. The van der Waals surface area contributed by atoms with Gasteiger partial charge in [-0.15, -0.1) is 0 Å². The van der Waals surface area contributed by atoms with Crippen molar-refractivity contribution < 1.29 is 13.2 Å². The van der Waals surface area contributed by atoms with Gasteiger partial charge in [0.15, 0.2) is 0 Å². The number of sulfonamides is 1. The Hall–Kier alpha value is -1.31. The molecule has 0 aromatic heterocycles. The van der Waals surface area contributed by atoms with Crippen LogP contribution < -0.4 is 15.8 Å². The van der Waals surface area contributed by atoms with Gasteiger partial charge < -0.3 is 15.4 Å². The molecule has 0 atom stereocenters. The molecule has 7 heteroatoms. The van der Waals surface area contributed by atoms with Crippen LogP contribution in [0.25, 0.3) is 0 Å². The molecule has 0 aliphatic carbocycles. The first-order valence-electron chi connectivity index (χ1n) is 5.95. The summed E-state index contributed by atoms with van der Waals surface area (Å²) in [7, 11) is -2.10. The predicted octanol–water partition coefficient (Wildman–Crippen LogP) is 0.777. The van der Waals surface area contributed by atoms with Crippen molar-refractivity contribution in [2.24, 2.45) is 5.14 Å². The van der Waals surface area contributed by atoms with E-state index in [2.05, 4.69) is 0 Å². The molecule has 0 amide bonds. The highest BCUT2D eigenvalue weighted by molar-refractivity contribution is 7.89. The molecule has 0 heterocycles. The van der Waals surface area contributed by atoms with Crippen LogP contribution in [-0.4, -0.2) is 34.7 Å². The SMILES string of the molecule is COCCN(c1ccc(S(N)(=O)=O)cc1N)C(C)C. The van der Waals surface area contributed by atoms with Crippen LogP contribution in [0.2, 0.25) is 0 Å². The van der Waals surface area contributed by atoms with Crippen LogP contribution in [0, 0.1) is 0 Å². The Morgan fingerprint density at radius 2 is 2.00 bits per heavy atom. The number of methoxy groups -OCH3 is 1. The standard InChI is InChI=1S/C12H21N3O3S/c1-9(2)15(6-7-18-3)12-5-4-10(8-11(12)13)19(14,16)17/h4-5,8-9H,6-7,13H2,1-3H3,(H2,14,16,17). The minimum atomic E-state index is -3.73. The van der Waals surface area contributed by atoms with Crippen molar-refractivity contribution in [3.05, 3.63) is 18.2 Å². The van der Waals surface area contributed by atoms with Crippen molar-refractivity contribution in [3.63, 3.8) is 0 Å². The van der Waals surface area contributed by atoms with E-state index in [9.17, 15) is 8.42 Å². The van der Waals surface area contributed by atoms with Gasteiger partial charge in [-0.3, -0.25) is 0 Å². The third kappa shape index (κ3) is 4.09. The van der Waals surface area contributed by atoms with E-state index in [1.54, 1.807) is 13.2 Å². The smallest absolute Gasteiger partial charge is 0.238 e. The summed E-state index contributed by atoms with van der Waals surface area (Å²) in [5, 5.41) is 5.07. The number of primary sulfonamides is 1. The molecule has 19 heavy (non-hydrogen) atoms. The van der Waals surface area contributed by atoms with Crippen LogP contribution in [0.1, 0.15) is 13.8 Å². The Balaban J connectivity index is 3.12. The first-order valence-corrected chi connectivity index (χ1v) is 7.50. The summed E-state index contributed by atoms with van der Waals surface area (Å²) < 4.78 is 27.6. The molecule has 0 aliphatic heterocycles. The molecule has 4 N–H and O–H groups in total. The highest BCUT2D eigenvalue weighted by atomic mass is 32.2. The summed E-state index contributed by atoms with van der Waals surface area (Å²) in [5.41, 5.74) is 7.09. The average molecular weight is 287 g/mol. The lowest BCUT2D eigenvalue weighted by atomic mass is 10.2. The third-order valence-corrected chi connectivity index (χ3v) is 3.71. The van der Waals surface area contributed by atoms with Crippen molar-refractivity contribution in [2.45, 2.75) is 24.8 Å². The third-order valence-electron chi connectivity index (χ3n) is 2.80. The molecule has 1 aromatic carbocycles. The summed E-state index contributed by atoms with van der Waals surface area (Å²) in [6.45, 7) is 5.30. The molecular weight excluding hydrogens is 266 g/mol. The minimum absolute atomic E-state index is 0.0178. The zero-order chi connectivity index (χ0) is 14.6. The Bertz CT molecular complexity index is 529. The monoisotopic (exact) mass is 287 g/mol. The molecule has 0 saturated carbocycles. The lowest BCUT2D eigenvalue weighted by molar-refractivity contribution is 0.204. The molecule has 0 unspecified atom stereocenters. The zero-order valence-electron chi connectivity index (χ0n) is 11.5. The van der Waals surface area contributed by atoms with Gasteiger partial charge in [-0.25, -0.2) is 13.6 Å². The Labute approximate surface area is 114 Å². The van der Waals surface area contributed by atoms with Crippen LogP contribution in [0.15, 0.2) is 23.1 Å². The summed E-state index contributed by atoms with van der Waals surface area (Å²) in [6.07, 6.45) is 0. The van der Waals surface area contributed by atoms with Gasteiger partial charge in [0.1, 0.15) is 0 Å². The number of nitrogen functional groups attached to an aromatic ring is 1. The van der Waals surface area contributed by atoms with Crippen molar-refractivity contribution in [2.75, 3.05) is 30.9 Å². The molecular formula is C12H21N3O3S. The topological polar surface area (TPSA) is 98.6 Å². The summed E-state index contributed by atoms with van der Waals surface area (Å²) in [4.78, 5) is 2.07. The number of ether oxygens (including phenoxy) is 1. The minimum Gasteiger partial charge on any atom is -0.397 e. The first-order chi connectivity index (χ1) is 8.77. The van der Waals surface area contributed by atoms with E-state index in [-0.39, 0.29) is 10.9 Å². The van der Waals surface area contributed by atoms with Gasteiger partial charge in [-0.1, -0.05) is 0 Å². The average Bonchev–Trinajstić information content (AvgIpc) is 2.29. The van der Waals surface area contributed by atoms with Crippen molar-refractivity contribution in [1.82, 2.24) is 0 Å². The van der Waals surface area contributed by atoms with E-state index < -0.39 is 10.0 Å². The van der Waals surface area contributed by atoms with E-state index in [1.807, 2.05) is 18.7 Å². The second-order valence-electron chi connectivity index (χ2n) is 4.55. The number of hydrogen-bond donors (Lipinski definition) is 2. The van der Waals surface area contributed by atoms with Crippen LogP contribution in [0.3, 0.4) is 0 Å². The second kappa shape index (κ2) is 6.23. The lowest BCUT2D eigenvalue weighted by Gasteiger charge is -2.30. The maximum Gasteiger partial charge on any atom is 0.238 e. The predicted molar refractivity (Wildman–Crippen MR) is 76.6 cm³/mol. The zero-order valence-corrected chi connectivity index (χ0v) is 12.3. The molecule has 0 saturated heterocycles. The van der Waals surface area contributed by atoms with Gasteiger partial charge in [0.2, 0.25) is 10.0 Å². The number of nitrogens with zero attached hydrogens (tertiary/aromatic N) is 1. The van der Waals surface area contributed by atoms with Gasteiger partial charge in [0.25, 0.3) is 0 Å². The quantitative estimate of drug-likeness (QED) is 0.753. The van der Waals surface area contributed by atoms with Gasteiger partial charge in [-0.2, -0.15) is 0 Å². The van der Waals surface area contributed by atoms with Crippen molar-refractivity contribution in [1.29, 1.82) is 0 Å². The maximum atomic E-state index is 11.3. The fourth-order valence-corrected chi connectivity index (χ4v) is 2.37. The molecule has 0 spiro atoms. The fourth-order valence-electron chi connectivity index (χ4n) is 1.82. The molecule has 1 aromatic rings. The largest absolute Gasteiger partial charge is 0.397 e. The van der Waals surface area contributed by atoms with Crippen LogP contribution >= 0.6 is 0 Å². The van der Waals surface area contributed by atoms with Crippen LogP contribution in [0.5, 0.6) is 0 Å². The van der Waals surface area contributed by atoms with E-state index in [0.717, 1.165) is 5.69 Å². The van der Waals surface area contributed by atoms with Gasteiger partial charge in [0.05, 0.1) is 22.9 Å². The van der Waals surface area contributed by atoms with E-state index >= 15 is 0 Å². The normalized spacial score (nSPS) is 11.8. The fraction of sp³-hybridized carbons (Fsp3) is 0.500. The number of benzene rings is 1. The lowest BCUT2D eigenvalue weighted by Crippen LogP contribution is -2.34. The van der Waals surface area contributed by atoms with Crippen LogP contribution in [0.4, 0.5) is 11.4 Å². The summed E-state index contributed by atoms with van der Waals surface area (Å²) in [5.74, 6) is 0. The van der Waals surface area contributed by atoms with E-state index in [0.29, 0.717) is 18.8 Å². The number of anilines is 2. The molecule has 108 valence electrons. The number of nitrogens with two attached hydrogens (primary N) is 2. The molecule has 0 bridgehead atoms. The van der Waals surface area contributed by atoms with E-state index in [1.165, 1.54) is 12.1 Å². The van der Waals surface area contributed by atoms with Crippen molar-refractivity contribution in [3.8, 4) is 0 Å². The Morgan fingerprint density at radius 1 is 1.37 bits per heavy atom. The Kier molecular flexibility index (Phi) is 5.16. The summed E-state index contributed by atoms with van der Waals surface area (Å²) >= 11 is 0. The van der Waals surface area contributed by atoms with Crippen LogP contribution in [-0.2, 0) is 14.8 Å². The second-order valence-corrected chi connectivity index (χ2v) is 6.11. The Morgan fingerprint density at radius 3 is 2.42 bits per heavy atom. The van der Waals surface area contributed by atoms with Gasteiger partial charge in [-0.05, 0) is 32.0 Å². The van der Waals surface area contributed by atoms with Gasteiger partial charge in [0, 0.05) is 19.7 Å². The number of hydrogen-bond acceptors (Lipinski definition) is 5. The molecule has 1 rings (SSSR count).